The Balaban J connectivity index is 1.35. The Morgan fingerprint density at radius 3 is 2.66 bits per heavy atom. The summed E-state index contributed by atoms with van der Waals surface area (Å²) >= 11 is 0. The minimum atomic E-state index is -0.859. The van der Waals surface area contributed by atoms with Gasteiger partial charge in [0.05, 0.1) is 43.0 Å². The van der Waals surface area contributed by atoms with Crippen molar-refractivity contribution in [3.63, 3.8) is 0 Å². The number of fused-ring (bicyclic) bond motifs is 1. The predicted molar refractivity (Wildman–Crippen MR) is 131 cm³/mol. The highest BCUT2D eigenvalue weighted by Crippen LogP contribution is 2.31. The molecule has 2 N–H and O–H groups in total. The standard InChI is InChI=1S/C26H26FN5O3/c27-19-6-8-21-24(14-19)32(17-18-4-2-1-3-5-18)26(34)23(16-29-21)30-25(33)22-9-7-20(15-28-22)31-10-12-35-13-11-31/h1-9,14-15,23,29H,10-13,16-17H2,(H,30,33)/t23-/m0/s1. The lowest BCUT2D eigenvalue weighted by molar-refractivity contribution is -0.120. The molecule has 0 unspecified atom stereocenters. The van der Waals surface area contributed by atoms with Crippen molar-refractivity contribution in [3.05, 3.63) is 83.9 Å². The van der Waals surface area contributed by atoms with Gasteiger partial charge < -0.3 is 25.2 Å². The van der Waals surface area contributed by atoms with Crippen LogP contribution < -0.4 is 20.4 Å². The molecule has 0 aliphatic carbocycles. The van der Waals surface area contributed by atoms with E-state index in [1.165, 1.54) is 17.0 Å². The maximum atomic E-state index is 14.1. The molecule has 2 aliphatic rings. The Morgan fingerprint density at radius 1 is 1.11 bits per heavy atom. The molecule has 2 aliphatic heterocycles. The quantitative estimate of drug-likeness (QED) is 0.590. The van der Waals surface area contributed by atoms with Crippen LogP contribution in [0.2, 0.25) is 0 Å². The van der Waals surface area contributed by atoms with Crippen LogP contribution in [0, 0.1) is 5.82 Å². The van der Waals surface area contributed by atoms with Crippen molar-refractivity contribution in [2.75, 3.05) is 48.0 Å². The van der Waals surface area contributed by atoms with Crippen molar-refractivity contribution >= 4 is 28.9 Å². The molecule has 1 atom stereocenters. The van der Waals surface area contributed by atoms with Crippen molar-refractivity contribution in [1.29, 1.82) is 0 Å². The second-order valence-electron chi connectivity index (χ2n) is 8.48. The van der Waals surface area contributed by atoms with Gasteiger partial charge in [-0.1, -0.05) is 30.3 Å². The molecule has 3 heterocycles. The second kappa shape index (κ2) is 10.1. The van der Waals surface area contributed by atoms with Crippen molar-refractivity contribution in [3.8, 4) is 0 Å². The van der Waals surface area contributed by atoms with E-state index in [2.05, 4.69) is 20.5 Å². The molecule has 1 saturated heterocycles. The number of ether oxygens (including phenoxy) is 1. The minimum absolute atomic E-state index is 0.167. The van der Waals surface area contributed by atoms with Crippen LogP contribution in [0.15, 0.2) is 66.9 Å². The molecule has 1 fully saturated rings. The van der Waals surface area contributed by atoms with Gasteiger partial charge in [0.15, 0.2) is 0 Å². The van der Waals surface area contributed by atoms with Crippen LogP contribution in [-0.2, 0) is 16.1 Å². The van der Waals surface area contributed by atoms with Crippen LogP contribution in [0.3, 0.4) is 0 Å². The molecule has 0 spiro atoms. The highest BCUT2D eigenvalue weighted by Gasteiger charge is 2.32. The zero-order chi connectivity index (χ0) is 24.2. The third kappa shape index (κ3) is 5.09. The fourth-order valence-corrected chi connectivity index (χ4v) is 4.29. The lowest BCUT2D eigenvalue weighted by Gasteiger charge is -2.28. The fraction of sp³-hybridized carbons (Fsp3) is 0.269. The molecule has 8 nitrogen and oxygen atoms in total. The van der Waals surface area contributed by atoms with Crippen LogP contribution in [0.25, 0.3) is 0 Å². The molecule has 1 aromatic heterocycles. The van der Waals surface area contributed by atoms with Gasteiger partial charge in [-0.3, -0.25) is 9.59 Å². The van der Waals surface area contributed by atoms with Crippen LogP contribution in [0.1, 0.15) is 16.1 Å². The lowest BCUT2D eigenvalue weighted by Crippen LogP contribution is -2.50. The third-order valence-corrected chi connectivity index (χ3v) is 6.16. The monoisotopic (exact) mass is 475 g/mol. The molecule has 5 rings (SSSR count). The number of benzene rings is 2. The summed E-state index contributed by atoms with van der Waals surface area (Å²) in [6.45, 7) is 3.27. The van der Waals surface area contributed by atoms with E-state index in [9.17, 15) is 14.0 Å². The number of carbonyl (C=O) groups excluding carboxylic acids is 2. The first-order valence-electron chi connectivity index (χ1n) is 11.6. The summed E-state index contributed by atoms with van der Waals surface area (Å²) in [4.78, 5) is 34.5. The zero-order valence-corrected chi connectivity index (χ0v) is 19.1. The van der Waals surface area contributed by atoms with Crippen molar-refractivity contribution < 1.29 is 18.7 Å². The molecule has 2 amide bonds. The summed E-state index contributed by atoms with van der Waals surface area (Å²) in [6.07, 6.45) is 1.66. The van der Waals surface area contributed by atoms with Gasteiger partial charge in [-0.05, 0) is 35.9 Å². The summed E-state index contributed by atoms with van der Waals surface area (Å²) < 4.78 is 19.5. The van der Waals surface area contributed by atoms with E-state index >= 15 is 0 Å². The SMILES string of the molecule is O=C(N[C@H]1CNc2ccc(F)cc2N(Cc2ccccc2)C1=O)c1ccc(N2CCOCC2)cn1. The van der Waals surface area contributed by atoms with Gasteiger partial charge in [-0.15, -0.1) is 0 Å². The maximum absolute atomic E-state index is 14.1. The van der Waals surface area contributed by atoms with E-state index < -0.39 is 17.8 Å². The van der Waals surface area contributed by atoms with Gasteiger partial charge in [-0.25, -0.2) is 9.37 Å². The van der Waals surface area contributed by atoms with Crippen molar-refractivity contribution in [1.82, 2.24) is 10.3 Å². The number of nitrogens with one attached hydrogen (secondary N) is 2. The summed E-state index contributed by atoms with van der Waals surface area (Å²) in [5, 5.41) is 5.98. The van der Waals surface area contributed by atoms with E-state index in [4.69, 9.17) is 4.74 Å². The minimum Gasteiger partial charge on any atom is -0.381 e. The van der Waals surface area contributed by atoms with E-state index in [1.807, 2.05) is 36.4 Å². The summed E-state index contributed by atoms with van der Waals surface area (Å²) in [5.74, 6) is -1.22. The summed E-state index contributed by atoms with van der Waals surface area (Å²) in [7, 11) is 0. The third-order valence-electron chi connectivity index (χ3n) is 6.16. The Morgan fingerprint density at radius 2 is 1.91 bits per heavy atom. The van der Waals surface area contributed by atoms with Crippen LogP contribution >= 0.6 is 0 Å². The highest BCUT2D eigenvalue weighted by molar-refractivity contribution is 6.04. The lowest BCUT2D eigenvalue weighted by atomic mass is 10.1. The van der Waals surface area contributed by atoms with Crippen molar-refractivity contribution in [2.24, 2.45) is 0 Å². The highest BCUT2D eigenvalue weighted by atomic mass is 19.1. The largest absolute Gasteiger partial charge is 0.381 e. The number of pyridine rings is 1. The first-order valence-corrected chi connectivity index (χ1v) is 11.6. The maximum Gasteiger partial charge on any atom is 0.270 e. The Hall–Kier alpha value is -3.98. The first-order chi connectivity index (χ1) is 17.1. The van der Waals surface area contributed by atoms with Crippen LogP contribution in [0.5, 0.6) is 0 Å². The summed E-state index contributed by atoms with van der Waals surface area (Å²) in [6, 6.07) is 16.4. The molecule has 180 valence electrons. The number of amides is 2. The van der Waals surface area contributed by atoms with Gasteiger partial charge in [0.1, 0.15) is 17.6 Å². The number of rotatable bonds is 5. The van der Waals surface area contributed by atoms with Gasteiger partial charge in [0, 0.05) is 19.6 Å². The van der Waals surface area contributed by atoms with Gasteiger partial charge in [0.2, 0.25) is 0 Å². The number of morpholine rings is 1. The van der Waals surface area contributed by atoms with Gasteiger partial charge in [-0.2, -0.15) is 0 Å². The molecule has 0 saturated carbocycles. The van der Waals surface area contributed by atoms with Gasteiger partial charge in [0.25, 0.3) is 11.8 Å². The molecular weight excluding hydrogens is 449 g/mol. The number of hydrogen-bond acceptors (Lipinski definition) is 6. The number of hydrogen-bond donors (Lipinski definition) is 2. The average molecular weight is 476 g/mol. The Kier molecular flexibility index (Phi) is 6.58. The topological polar surface area (TPSA) is 86.8 Å². The number of anilines is 3. The number of carbonyl (C=O) groups is 2. The predicted octanol–water partition coefficient (Wildman–Crippen LogP) is 2.81. The van der Waals surface area contributed by atoms with E-state index in [0.717, 1.165) is 24.3 Å². The Labute approximate surface area is 202 Å². The molecule has 3 aromatic rings. The number of halogens is 1. The molecular formula is C26H26FN5O3. The zero-order valence-electron chi connectivity index (χ0n) is 19.1. The number of aromatic nitrogens is 1. The average Bonchev–Trinajstić information content (AvgIpc) is 3.02. The molecule has 0 radical (unpaired) electrons. The molecule has 9 heteroatoms. The van der Waals surface area contributed by atoms with E-state index in [-0.39, 0.29) is 24.7 Å². The Bertz CT molecular complexity index is 1200. The van der Waals surface area contributed by atoms with Crippen LogP contribution in [0.4, 0.5) is 21.5 Å². The first kappa shape index (κ1) is 22.8. The van der Waals surface area contributed by atoms with Crippen LogP contribution in [-0.4, -0.2) is 55.7 Å². The molecule has 35 heavy (non-hydrogen) atoms. The molecule has 0 bridgehead atoms. The fourth-order valence-electron chi connectivity index (χ4n) is 4.29. The summed E-state index contributed by atoms with van der Waals surface area (Å²) in [5.41, 5.74) is 3.09. The smallest absolute Gasteiger partial charge is 0.270 e. The normalized spacial score (nSPS) is 17.9. The second-order valence-corrected chi connectivity index (χ2v) is 8.48. The van der Waals surface area contributed by atoms with Gasteiger partial charge >= 0.3 is 0 Å². The van der Waals surface area contributed by atoms with Crippen molar-refractivity contribution in [2.45, 2.75) is 12.6 Å². The number of nitrogens with zero attached hydrogens (tertiary/aromatic N) is 3. The van der Waals surface area contributed by atoms with E-state index in [0.29, 0.717) is 24.6 Å². The van der Waals surface area contributed by atoms with E-state index in [1.54, 1.807) is 18.3 Å². The molecule has 2 aromatic carbocycles.